The number of ether oxygens (including phenoxy) is 13. The highest BCUT2D eigenvalue weighted by atomic mass is 16.8. The van der Waals surface area contributed by atoms with E-state index in [2.05, 4.69) is 16.0 Å². The van der Waals surface area contributed by atoms with Crippen LogP contribution < -0.4 is 16.0 Å². The van der Waals surface area contributed by atoms with Gasteiger partial charge in [-0.05, 0) is 6.92 Å². The lowest BCUT2D eigenvalue weighted by Gasteiger charge is -2.52. The molecule has 1 unspecified atom stereocenters. The van der Waals surface area contributed by atoms with Gasteiger partial charge in [-0.2, -0.15) is 0 Å². The minimum absolute atomic E-state index is 0.815. The summed E-state index contributed by atoms with van der Waals surface area (Å²) in [6.45, 7) is -1.96. The van der Waals surface area contributed by atoms with E-state index in [9.17, 15) is 111 Å². The van der Waals surface area contributed by atoms with Gasteiger partial charge in [0.15, 0.2) is 44.0 Å². The fourth-order valence-corrected chi connectivity index (χ4v) is 11.2. The SMILES string of the molecule is CC(=O)N[C@H]1[C@H](O[C@@H]2[C@@H](O)[C@H](O[C@H]3[C@H](O)[C@@H](O)C(O)O[C@@H]3CO)O[C@H](CO)[C@@H]2O[C@@H]2O[C@H](CO)[C@H](O)[C@H](O)[C@H]2NC(C)=O)O[C@H](CO)[C@@H](O[C@@H]2O[C@H](CO)[C@H](O)[C@H](O[C@@H]3O[C@H](CO)[C@H](O)[C@H](O[C@@H]4O[C@@H](C)[C@@H](O)[C@@H](O)[C@@H]4O)[C@H]3NC(C)=O)[C@H]2O)[C@@H]1O. The summed E-state index contributed by atoms with van der Waals surface area (Å²) < 4.78 is 76.2. The Morgan fingerprint density at radius 1 is 0.302 bits per heavy atom. The van der Waals surface area contributed by atoms with Crippen molar-refractivity contribution in [3.63, 3.8) is 0 Å². The number of aliphatic hydroxyl groups is 19. The predicted octanol–water partition coefficient (Wildman–Crippen LogP) is -14.8. The monoisotopic (exact) mass is 1260 g/mol. The summed E-state index contributed by atoms with van der Waals surface area (Å²) in [5.41, 5.74) is 0. The predicted molar refractivity (Wildman–Crippen MR) is 265 cm³/mol. The zero-order valence-electron chi connectivity index (χ0n) is 46.5. The summed E-state index contributed by atoms with van der Waals surface area (Å²) >= 11 is 0. The van der Waals surface area contributed by atoms with Crippen molar-refractivity contribution in [1.29, 1.82) is 0 Å². The molecular formula is C48H81N3O35. The maximum atomic E-state index is 13.0. The molecule has 7 aliphatic heterocycles. The second-order valence-electron chi connectivity index (χ2n) is 21.8. The molecule has 38 nitrogen and oxygen atoms in total. The first-order chi connectivity index (χ1) is 40.6. The Balaban J connectivity index is 1.19. The van der Waals surface area contributed by atoms with Gasteiger partial charge in [0.1, 0.15) is 165 Å². The van der Waals surface area contributed by atoms with E-state index in [0.717, 1.165) is 20.8 Å². The zero-order valence-corrected chi connectivity index (χ0v) is 46.5. The number of rotatable bonds is 21. The van der Waals surface area contributed by atoms with Crippen molar-refractivity contribution in [2.24, 2.45) is 0 Å². The van der Waals surface area contributed by atoms with Crippen LogP contribution in [0.25, 0.3) is 0 Å². The van der Waals surface area contributed by atoms with Crippen LogP contribution in [0.1, 0.15) is 27.7 Å². The molecule has 35 atom stereocenters. The van der Waals surface area contributed by atoms with Crippen LogP contribution >= 0.6 is 0 Å². The van der Waals surface area contributed by atoms with E-state index in [4.69, 9.17) is 61.6 Å². The van der Waals surface area contributed by atoms with E-state index >= 15 is 0 Å². The maximum absolute atomic E-state index is 13.0. The summed E-state index contributed by atoms with van der Waals surface area (Å²) in [6.07, 6.45) is -61.8. The Morgan fingerprint density at radius 3 is 1.17 bits per heavy atom. The van der Waals surface area contributed by atoms with E-state index in [1.807, 2.05) is 0 Å². The molecule has 0 aliphatic carbocycles. The van der Waals surface area contributed by atoms with Crippen molar-refractivity contribution in [1.82, 2.24) is 16.0 Å². The molecule has 7 saturated heterocycles. The molecule has 7 heterocycles. The molecule has 7 fully saturated rings. The normalized spacial score (nSPS) is 49.4. The Bertz CT molecular complexity index is 2170. The topological polar surface area (TPSA) is 592 Å². The molecule has 7 rings (SSSR count). The zero-order chi connectivity index (χ0) is 63.5. The third kappa shape index (κ3) is 15.2. The molecule has 498 valence electrons. The van der Waals surface area contributed by atoms with Crippen LogP contribution in [0.5, 0.6) is 0 Å². The molecule has 0 aromatic rings. The van der Waals surface area contributed by atoms with E-state index in [1.54, 1.807) is 0 Å². The largest absolute Gasteiger partial charge is 0.394 e. The van der Waals surface area contributed by atoms with Crippen molar-refractivity contribution >= 4 is 17.7 Å². The summed E-state index contributed by atoms with van der Waals surface area (Å²) in [6, 6.07) is -5.36. The lowest BCUT2D eigenvalue weighted by atomic mass is 9.93. The van der Waals surface area contributed by atoms with Gasteiger partial charge in [0.2, 0.25) is 17.7 Å². The molecule has 0 spiro atoms. The van der Waals surface area contributed by atoms with Gasteiger partial charge in [0.05, 0.1) is 45.7 Å². The van der Waals surface area contributed by atoms with Gasteiger partial charge in [-0.1, -0.05) is 0 Å². The van der Waals surface area contributed by atoms with Gasteiger partial charge >= 0.3 is 0 Å². The number of carbonyl (C=O) groups is 3. The van der Waals surface area contributed by atoms with E-state index in [1.165, 1.54) is 6.92 Å². The maximum Gasteiger partial charge on any atom is 0.217 e. The Kier molecular flexibility index (Phi) is 25.0. The highest BCUT2D eigenvalue weighted by Crippen LogP contribution is 2.39. The molecule has 38 heteroatoms. The summed E-state index contributed by atoms with van der Waals surface area (Å²) in [5.74, 6) is -2.59. The van der Waals surface area contributed by atoms with Crippen LogP contribution in [-0.2, 0) is 76.0 Å². The molecule has 0 aromatic heterocycles. The standard InChI is InChI=1S/C48H81N3O35/c1-11-24(61)30(67)33(70)46(74-11)84-39-23(51-14(4)60)45(77-16(6-53)26(39)63)85-40-27(64)17(7-54)78-47(34(40)71)81-36-19(9-56)79-44(22(29(36)66)50-13(3)59)86-41-35(72)48(82-37-18(8-55)75-42(73)32(69)31(37)68)80-20(10-57)38(41)83-43-21(49-12(2)58)28(65)25(62)15(5-52)76-43/h11,15-48,52-57,61-73H,5-10H2,1-4H3,(H,49,58)(H,50,59)(H,51,60)/t11-,15+,16+,17+,18+,19+,20+,21+,22+,23+,24+,25-,26-,27-,28+,29+,30+,31+,32+,33-,34+,35+,36+,37+,38-,39+,40-,41+,42?,43-,44-,45-,46-,47-,48-/m0/s1. The molecule has 0 aromatic carbocycles. The second kappa shape index (κ2) is 30.5. The third-order valence-corrected chi connectivity index (χ3v) is 15.7. The minimum Gasteiger partial charge on any atom is -0.394 e. The lowest BCUT2D eigenvalue weighted by Crippen LogP contribution is -2.71. The molecule has 22 N–H and O–H groups in total. The number of hydrogen-bond donors (Lipinski definition) is 22. The first kappa shape index (κ1) is 70.6. The van der Waals surface area contributed by atoms with Crippen molar-refractivity contribution in [3.05, 3.63) is 0 Å². The van der Waals surface area contributed by atoms with Gasteiger partial charge < -0.3 is 175 Å². The smallest absolute Gasteiger partial charge is 0.217 e. The van der Waals surface area contributed by atoms with Crippen LogP contribution in [0.4, 0.5) is 0 Å². The summed E-state index contributed by atoms with van der Waals surface area (Å²) in [5, 5.41) is 214. The second-order valence-corrected chi connectivity index (χ2v) is 21.8. The van der Waals surface area contributed by atoms with Crippen LogP contribution in [0, 0.1) is 0 Å². The van der Waals surface area contributed by atoms with E-state index in [-0.39, 0.29) is 0 Å². The van der Waals surface area contributed by atoms with Gasteiger partial charge in [-0.25, -0.2) is 0 Å². The van der Waals surface area contributed by atoms with Crippen LogP contribution in [0.15, 0.2) is 0 Å². The summed E-state index contributed by atoms with van der Waals surface area (Å²) in [4.78, 5) is 38.1. The van der Waals surface area contributed by atoms with Crippen molar-refractivity contribution < 1.29 is 173 Å². The Labute approximate surface area is 488 Å². The number of hydrogen-bond acceptors (Lipinski definition) is 35. The summed E-state index contributed by atoms with van der Waals surface area (Å²) in [7, 11) is 0. The highest BCUT2D eigenvalue weighted by Gasteiger charge is 2.60. The highest BCUT2D eigenvalue weighted by molar-refractivity contribution is 5.74. The molecular weight excluding hydrogens is 1180 g/mol. The average molecular weight is 1260 g/mol. The minimum atomic E-state index is -2.33. The Morgan fingerprint density at radius 2 is 0.651 bits per heavy atom. The molecule has 3 amide bonds. The van der Waals surface area contributed by atoms with Gasteiger partial charge in [0.25, 0.3) is 0 Å². The molecule has 0 radical (unpaired) electrons. The number of aliphatic hydroxyl groups excluding tert-OH is 19. The van der Waals surface area contributed by atoms with Gasteiger partial charge in [-0.15, -0.1) is 0 Å². The van der Waals surface area contributed by atoms with E-state index < -0.39 is 272 Å². The first-order valence-corrected chi connectivity index (χ1v) is 27.5. The van der Waals surface area contributed by atoms with Crippen LogP contribution in [0.3, 0.4) is 0 Å². The first-order valence-electron chi connectivity index (χ1n) is 27.5. The van der Waals surface area contributed by atoms with E-state index in [0.29, 0.717) is 0 Å². The molecule has 0 bridgehead atoms. The van der Waals surface area contributed by atoms with Crippen LogP contribution in [-0.4, -0.2) is 369 Å². The van der Waals surface area contributed by atoms with Crippen LogP contribution in [0.2, 0.25) is 0 Å². The quantitative estimate of drug-likeness (QED) is 0.0507. The molecule has 86 heavy (non-hydrogen) atoms. The Hall–Kier alpha value is -2.87. The van der Waals surface area contributed by atoms with Gasteiger partial charge in [-0.3, -0.25) is 14.4 Å². The van der Waals surface area contributed by atoms with Crippen molar-refractivity contribution in [3.8, 4) is 0 Å². The third-order valence-electron chi connectivity index (χ3n) is 15.7. The lowest BCUT2D eigenvalue weighted by molar-refractivity contribution is -0.396. The van der Waals surface area contributed by atoms with Crippen molar-refractivity contribution in [2.45, 2.75) is 242 Å². The number of carbonyl (C=O) groups excluding carboxylic acids is 3. The number of amides is 3. The fraction of sp³-hybridized carbons (Fsp3) is 0.938. The molecule has 7 aliphatic rings. The molecule has 0 saturated carbocycles. The number of nitrogens with one attached hydrogen (secondary N) is 3. The fourth-order valence-electron chi connectivity index (χ4n) is 11.2. The average Bonchev–Trinajstić information content (AvgIpc) is 1.08. The van der Waals surface area contributed by atoms with Crippen molar-refractivity contribution in [2.75, 3.05) is 39.6 Å². The van der Waals surface area contributed by atoms with Gasteiger partial charge in [0, 0.05) is 20.8 Å².